The predicted molar refractivity (Wildman–Crippen MR) is 106 cm³/mol. The summed E-state index contributed by atoms with van der Waals surface area (Å²) < 4.78 is 51.3. The molecule has 1 atom stereocenters. The average Bonchev–Trinajstić information content (AvgIpc) is 3.42. The molecule has 31 heavy (non-hydrogen) atoms. The summed E-state index contributed by atoms with van der Waals surface area (Å²) in [7, 11) is 0. The van der Waals surface area contributed by atoms with Crippen LogP contribution in [0.3, 0.4) is 0 Å². The molecular weight excluding hydrogens is 415 g/mol. The highest BCUT2D eigenvalue weighted by Crippen LogP contribution is 2.39. The summed E-state index contributed by atoms with van der Waals surface area (Å²) in [5, 5.41) is 15.7. The highest BCUT2D eigenvalue weighted by molar-refractivity contribution is 5.78. The lowest BCUT2D eigenvalue weighted by Gasteiger charge is -2.21. The van der Waals surface area contributed by atoms with Crippen molar-refractivity contribution in [3.05, 3.63) is 41.8 Å². The van der Waals surface area contributed by atoms with E-state index in [2.05, 4.69) is 15.3 Å². The number of hydrogen-bond acceptors (Lipinski definition) is 6. The summed E-state index contributed by atoms with van der Waals surface area (Å²) in [5.41, 5.74) is 4.89. The van der Waals surface area contributed by atoms with E-state index >= 15 is 0 Å². The second-order valence-electron chi connectivity index (χ2n) is 7.05. The van der Waals surface area contributed by atoms with Crippen molar-refractivity contribution in [1.82, 2.24) is 15.0 Å². The van der Waals surface area contributed by atoms with Crippen molar-refractivity contribution >= 4 is 5.96 Å². The normalized spacial score (nSPS) is 17.6. The van der Waals surface area contributed by atoms with Crippen molar-refractivity contribution in [2.75, 3.05) is 13.2 Å². The lowest BCUT2D eigenvalue weighted by atomic mass is 10.1. The van der Waals surface area contributed by atoms with Gasteiger partial charge in [-0.25, -0.2) is 0 Å². The van der Waals surface area contributed by atoms with Gasteiger partial charge in [0, 0.05) is 12.1 Å². The fourth-order valence-electron chi connectivity index (χ4n) is 3.35. The molecule has 11 heteroatoms. The molecule has 1 saturated heterocycles. The monoisotopic (exact) mass is 439 g/mol. The summed E-state index contributed by atoms with van der Waals surface area (Å²) >= 11 is 0. The van der Waals surface area contributed by atoms with E-state index < -0.39 is 17.8 Å². The third-order valence-corrected chi connectivity index (χ3v) is 4.88. The Labute approximate surface area is 177 Å². The van der Waals surface area contributed by atoms with Crippen LogP contribution in [0.2, 0.25) is 0 Å². The van der Waals surface area contributed by atoms with Crippen LogP contribution < -0.4 is 10.5 Å². The second-order valence-corrected chi connectivity index (χ2v) is 7.05. The Balaban J connectivity index is 1.83. The lowest BCUT2D eigenvalue weighted by Crippen LogP contribution is -2.36. The van der Waals surface area contributed by atoms with Gasteiger partial charge in [-0.2, -0.15) is 18.2 Å². The highest BCUT2D eigenvalue weighted by Gasteiger charge is 2.36. The number of ether oxygens (including phenoxy) is 1. The topological polar surface area (TPSA) is 110 Å². The first-order valence-corrected chi connectivity index (χ1v) is 9.92. The van der Waals surface area contributed by atoms with Gasteiger partial charge in [0.1, 0.15) is 18.4 Å². The molecule has 2 heterocycles. The number of halogens is 3. The van der Waals surface area contributed by atoms with Gasteiger partial charge >= 0.3 is 6.18 Å². The number of alkyl halides is 3. The minimum atomic E-state index is -4.61. The third-order valence-electron chi connectivity index (χ3n) is 4.88. The van der Waals surface area contributed by atoms with Gasteiger partial charge in [-0.05, 0) is 37.5 Å². The number of hydrogen-bond donors (Lipinski definition) is 2. The van der Waals surface area contributed by atoms with E-state index in [1.165, 1.54) is 12.1 Å². The number of likely N-dealkylation sites (tertiary alicyclic amines) is 1. The van der Waals surface area contributed by atoms with Gasteiger partial charge in [0.15, 0.2) is 0 Å². The summed E-state index contributed by atoms with van der Waals surface area (Å²) in [6, 6.07) is 3.23. The Morgan fingerprint density at radius 2 is 2.23 bits per heavy atom. The lowest BCUT2D eigenvalue weighted by molar-refractivity contribution is -0.138. The van der Waals surface area contributed by atoms with Crippen LogP contribution in [0.25, 0.3) is 11.4 Å². The first-order chi connectivity index (χ1) is 14.8. The van der Waals surface area contributed by atoms with Crippen LogP contribution >= 0.6 is 0 Å². The number of benzene rings is 1. The molecule has 1 aromatic carbocycles. The van der Waals surface area contributed by atoms with E-state index in [1.54, 1.807) is 11.0 Å². The predicted octanol–water partition coefficient (Wildman–Crippen LogP) is 4.33. The Morgan fingerprint density at radius 1 is 1.42 bits per heavy atom. The first kappa shape index (κ1) is 22.4. The van der Waals surface area contributed by atoms with E-state index in [1.807, 2.05) is 13.0 Å². The zero-order chi connectivity index (χ0) is 22.4. The number of oxime groups is 1. The summed E-state index contributed by atoms with van der Waals surface area (Å²) in [6.45, 7) is 2.59. The molecule has 0 unspecified atom stereocenters. The van der Waals surface area contributed by atoms with E-state index in [-0.39, 0.29) is 35.6 Å². The van der Waals surface area contributed by atoms with Crippen molar-refractivity contribution in [3.63, 3.8) is 0 Å². The molecule has 0 radical (unpaired) electrons. The van der Waals surface area contributed by atoms with E-state index in [0.29, 0.717) is 13.0 Å². The number of aromatic nitrogens is 2. The van der Waals surface area contributed by atoms with Gasteiger partial charge in [0.25, 0.3) is 0 Å². The molecule has 3 rings (SSSR count). The maximum atomic E-state index is 13.6. The molecule has 2 aromatic rings. The number of nitrogens with zero attached hydrogens (tertiary/aromatic N) is 4. The molecule has 0 bridgehead atoms. The standard InChI is InChI=1S/C20H24F3N5O3/c1-2-3-4-5-11-30-16-9-8-13(12-14(16)20(21,22)23)17-25-18(31-27-17)15-7-6-10-28(15)19(24)26-29/h4-5,8-9,12,15,29H,2-3,6-7,10-11H2,1H3,(H2,24,26)/t15-/m0/s1. The average molecular weight is 439 g/mol. The number of unbranched alkanes of at least 4 members (excludes halogenated alkanes) is 1. The molecule has 1 aliphatic heterocycles. The molecular formula is C20H24F3N5O3. The number of nitrogens with two attached hydrogens (primary N) is 1. The minimum absolute atomic E-state index is 0.0150. The van der Waals surface area contributed by atoms with Crippen LogP contribution in [0.5, 0.6) is 5.75 Å². The zero-order valence-corrected chi connectivity index (χ0v) is 17.0. The van der Waals surface area contributed by atoms with Crippen molar-refractivity contribution < 1.29 is 27.6 Å². The molecule has 1 aliphatic rings. The van der Waals surface area contributed by atoms with Crippen molar-refractivity contribution in [3.8, 4) is 17.1 Å². The van der Waals surface area contributed by atoms with Gasteiger partial charge < -0.3 is 25.1 Å². The molecule has 0 saturated carbocycles. The van der Waals surface area contributed by atoms with Crippen LogP contribution in [0.4, 0.5) is 13.2 Å². The van der Waals surface area contributed by atoms with Gasteiger partial charge in [-0.3, -0.25) is 0 Å². The Kier molecular flexibility index (Phi) is 7.03. The second kappa shape index (κ2) is 9.71. The maximum Gasteiger partial charge on any atom is 0.419 e. The molecule has 3 N–H and O–H groups in total. The molecule has 0 aliphatic carbocycles. The number of guanidine groups is 1. The van der Waals surface area contributed by atoms with Crippen LogP contribution in [0.15, 0.2) is 40.0 Å². The van der Waals surface area contributed by atoms with Crippen LogP contribution in [0.1, 0.15) is 50.1 Å². The summed E-state index contributed by atoms with van der Waals surface area (Å²) in [6.07, 6.45) is 2.12. The summed E-state index contributed by atoms with van der Waals surface area (Å²) in [4.78, 5) is 5.85. The maximum absolute atomic E-state index is 13.6. The minimum Gasteiger partial charge on any atom is -0.489 e. The number of allylic oxidation sites excluding steroid dienone is 1. The van der Waals surface area contributed by atoms with E-state index in [9.17, 15) is 13.2 Å². The summed E-state index contributed by atoms with van der Waals surface area (Å²) in [5.74, 6) is -0.151. The molecule has 8 nitrogen and oxygen atoms in total. The van der Waals surface area contributed by atoms with E-state index in [4.69, 9.17) is 20.2 Å². The fourth-order valence-corrected chi connectivity index (χ4v) is 3.35. The van der Waals surface area contributed by atoms with Crippen LogP contribution in [0, 0.1) is 0 Å². The largest absolute Gasteiger partial charge is 0.489 e. The van der Waals surface area contributed by atoms with E-state index in [0.717, 1.165) is 25.3 Å². The van der Waals surface area contributed by atoms with Crippen molar-refractivity contribution in [2.45, 2.75) is 44.8 Å². The molecule has 0 amide bonds. The zero-order valence-electron chi connectivity index (χ0n) is 17.0. The SMILES string of the molecule is CCCC=CCOc1ccc(-c2noc([C@@H]3CCCN3/C(N)=N/O)n2)cc1C(F)(F)F. The van der Waals surface area contributed by atoms with Gasteiger partial charge in [0.05, 0.1) is 5.56 Å². The van der Waals surface area contributed by atoms with Crippen molar-refractivity contribution in [1.29, 1.82) is 0 Å². The number of rotatable bonds is 7. The molecule has 0 spiro atoms. The Bertz CT molecular complexity index is 942. The Hall–Kier alpha value is -3.24. The smallest absolute Gasteiger partial charge is 0.419 e. The third kappa shape index (κ3) is 5.28. The molecule has 168 valence electrons. The molecule has 1 fully saturated rings. The van der Waals surface area contributed by atoms with Crippen LogP contribution in [-0.4, -0.2) is 39.4 Å². The first-order valence-electron chi connectivity index (χ1n) is 9.92. The quantitative estimate of drug-likeness (QED) is 0.217. The van der Waals surface area contributed by atoms with Gasteiger partial charge in [-0.1, -0.05) is 35.8 Å². The van der Waals surface area contributed by atoms with Crippen LogP contribution in [-0.2, 0) is 6.18 Å². The Morgan fingerprint density at radius 3 is 2.94 bits per heavy atom. The van der Waals surface area contributed by atoms with Crippen molar-refractivity contribution in [2.24, 2.45) is 10.9 Å². The van der Waals surface area contributed by atoms with Gasteiger partial charge in [-0.15, -0.1) is 0 Å². The molecule has 1 aromatic heterocycles. The van der Waals surface area contributed by atoms with Gasteiger partial charge in [0.2, 0.25) is 17.7 Å². The fraction of sp³-hybridized carbons (Fsp3) is 0.450. The highest BCUT2D eigenvalue weighted by atomic mass is 19.4.